The summed E-state index contributed by atoms with van der Waals surface area (Å²) in [6.07, 6.45) is 0.668. The molecule has 0 radical (unpaired) electrons. The Balaban J connectivity index is 2.90. The van der Waals surface area contributed by atoms with Gasteiger partial charge in [0.25, 0.3) is 0 Å². The minimum Gasteiger partial charge on any atom is -0.457 e. The van der Waals surface area contributed by atoms with Crippen molar-refractivity contribution in [3.8, 4) is 0 Å². The normalized spacial score (nSPS) is 32.9. The second-order valence-corrected chi connectivity index (χ2v) is 4.97. The van der Waals surface area contributed by atoms with E-state index in [1.54, 1.807) is 6.92 Å². The first-order chi connectivity index (χ1) is 7.38. The molecule has 0 bridgehead atoms. The molecule has 1 rings (SSSR count). The average Bonchev–Trinajstić information content (AvgIpc) is 2.18. The lowest BCUT2D eigenvalue weighted by Crippen LogP contribution is -2.64. The van der Waals surface area contributed by atoms with Gasteiger partial charge in [0.1, 0.15) is 17.8 Å². The zero-order chi connectivity index (χ0) is 12.5. The first kappa shape index (κ1) is 13.2. The first-order valence-corrected chi connectivity index (χ1v) is 5.74. The molecule has 16 heavy (non-hydrogen) atoms. The van der Waals surface area contributed by atoms with Gasteiger partial charge in [-0.1, -0.05) is 20.8 Å². The van der Waals surface area contributed by atoms with Gasteiger partial charge in [0.15, 0.2) is 0 Å². The Morgan fingerprint density at radius 2 is 2.12 bits per heavy atom. The Morgan fingerprint density at radius 3 is 2.44 bits per heavy atom. The third kappa shape index (κ3) is 1.86. The van der Waals surface area contributed by atoms with Crippen LogP contribution in [0.25, 0.3) is 0 Å². The van der Waals surface area contributed by atoms with Crippen LogP contribution < -0.4 is 0 Å². The average molecular weight is 228 g/mol. The topological polar surface area (TPSA) is 63.6 Å². The van der Waals surface area contributed by atoms with Crippen LogP contribution in [0.4, 0.5) is 0 Å². The number of aliphatic hydroxyl groups excluding tert-OH is 1. The van der Waals surface area contributed by atoms with Gasteiger partial charge in [-0.3, -0.25) is 4.79 Å². The van der Waals surface area contributed by atoms with Crippen LogP contribution in [-0.4, -0.2) is 29.1 Å². The van der Waals surface area contributed by atoms with Gasteiger partial charge in [0.05, 0.1) is 12.0 Å². The largest absolute Gasteiger partial charge is 0.457 e. The Kier molecular flexibility index (Phi) is 3.73. The van der Waals surface area contributed by atoms with Crippen LogP contribution in [0, 0.1) is 17.8 Å². The van der Waals surface area contributed by atoms with E-state index in [2.05, 4.69) is 0 Å². The molecule has 0 saturated carbocycles. The first-order valence-electron chi connectivity index (χ1n) is 5.74. The van der Waals surface area contributed by atoms with E-state index >= 15 is 0 Å². The predicted octanol–water partition coefficient (Wildman–Crippen LogP) is 1.16. The fourth-order valence-electron chi connectivity index (χ4n) is 2.33. The maximum Gasteiger partial charge on any atom is 0.316 e. The SMILES string of the molecule is CCC(C=O)C1(C)OC(=O)C1C(O)C(C)C. The summed E-state index contributed by atoms with van der Waals surface area (Å²) in [6.45, 7) is 7.29. The molecule has 0 aromatic rings. The van der Waals surface area contributed by atoms with Crippen molar-refractivity contribution in [2.45, 2.75) is 45.8 Å². The van der Waals surface area contributed by atoms with Gasteiger partial charge in [-0.2, -0.15) is 0 Å². The van der Waals surface area contributed by atoms with E-state index in [4.69, 9.17) is 4.74 Å². The number of cyclic esters (lactones) is 1. The van der Waals surface area contributed by atoms with Crippen LogP contribution in [0.2, 0.25) is 0 Å². The van der Waals surface area contributed by atoms with Gasteiger partial charge in [-0.15, -0.1) is 0 Å². The van der Waals surface area contributed by atoms with Crippen LogP contribution in [0.3, 0.4) is 0 Å². The van der Waals surface area contributed by atoms with Crippen molar-refractivity contribution in [2.24, 2.45) is 17.8 Å². The lowest BCUT2D eigenvalue weighted by molar-refractivity contribution is -0.236. The molecule has 1 saturated heterocycles. The van der Waals surface area contributed by atoms with Crippen molar-refractivity contribution in [2.75, 3.05) is 0 Å². The van der Waals surface area contributed by atoms with E-state index in [-0.39, 0.29) is 11.8 Å². The van der Waals surface area contributed by atoms with Crippen LogP contribution in [0.5, 0.6) is 0 Å². The second kappa shape index (κ2) is 4.53. The molecule has 0 aromatic carbocycles. The third-order valence-corrected chi connectivity index (χ3v) is 3.56. The fraction of sp³-hybridized carbons (Fsp3) is 0.833. The Bertz CT molecular complexity index is 287. The van der Waals surface area contributed by atoms with E-state index in [0.717, 1.165) is 6.29 Å². The Labute approximate surface area is 96.0 Å². The number of carbonyl (C=O) groups is 2. The van der Waals surface area contributed by atoms with Crippen molar-refractivity contribution in [1.29, 1.82) is 0 Å². The smallest absolute Gasteiger partial charge is 0.316 e. The van der Waals surface area contributed by atoms with Gasteiger partial charge in [0, 0.05) is 0 Å². The molecule has 1 heterocycles. The number of aldehydes is 1. The highest BCUT2D eigenvalue weighted by molar-refractivity contribution is 5.82. The summed E-state index contributed by atoms with van der Waals surface area (Å²) in [5, 5.41) is 9.98. The maximum atomic E-state index is 11.4. The lowest BCUT2D eigenvalue weighted by Gasteiger charge is -2.50. The van der Waals surface area contributed by atoms with Crippen molar-refractivity contribution in [3.63, 3.8) is 0 Å². The molecule has 1 aliphatic heterocycles. The predicted molar refractivity (Wildman–Crippen MR) is 58.7 cm³/mol. The number of esters is 1. The Hall–Kier alpha value is -0.900. The molecular formula is C12H20O4. The molecule has 1 aliphatic rings. The van der Waals surface area contributed by atoms with Crippen LogP contribution in [-0.2, 0) is 14.3 Å². The number of ether oxygens (including phenoxy) is 1. The summed E-state index contributed by atoms with van der Waals surface area (Å²) in [4.78, 5) is 22.4. The Morgan fingerprint density at radius 1 is 1.56 bits per heavy atom. The maximum absolute atomic E-state index is 11.4. The van der Waals surface area contributed by atoms with Gasteiger partial charge < -0.3 is 14.6 Å². The second-order valence-electron chi connectivity index (χ2n) is 4.97. The highest BCUT2D eigenvalue weighted by Crippen LogP contribution is 2.44. The number of rotatable bonds is 5. The van der Waals surface area contributed by atoms with E-state index < -0.39 is 23.6 Å². The molecular weight excluding hydrogens is 208 g/mol. The van der Waals surface area contributed by atoms with E-state index in [0.29, 0.717) is 6.42 Å². The van der Waals surface area contributed by atoms with Gasteiger partial charge in [-0.05, 0) is 19.3 Å². The molecule has 4 unspecified atom stereocenters. The third-order valence-electron chi connectivity index (χ3n) is 3.56. The minimum absolute atomic E-state index is 0.0265. The van der Waals surface area contributed by atoms with Crippen LogP contribution >= 0.6 is 0 Å². The summed E-state index contributed by atoms with van der Waals surface area (Å²) in [5.41, 5.74) is -0.836. The van der Waals surface area contributed by atoms with Crippen LogP contribution in [0.15, 0.2) is 0 Å². The molecule has 4 nitrogen and oxygen atoms in total. The van der Waals surface area contributed by atoms with Gasteiger partial charge in [-0.25, -0.2) is 0 Å². The van der Waals surface area contributed by atoms with Crippen molar-refractivity contribution >= 4 is 12.3 Å². The summed E-state index contributed by atoms with van der Waals surface area (Å²) in [5.74, 6) is -1.35. The molecule has 0 aliphatic carbocycles. The number of aliphatic hydroxyl groups is 1. The summed E-state index contributed by atoms with van der Waals surface area (Å²) < 4.78 is 5.12. The summed E-state index contributed by atoms with van der Waals surface area (Å²) in [6, 6.07) is 0. The van der Waals surface area contributed by atoms with E-state index in [1.807, 2.05) is 20.8 Å². The number of carbonyl (C=O) groups excluding carboxylic acids is 2. The quantitative estimate of drug-likeness (QED) is 0.566. The van der Waals surface area contributed by atoms with Crippen molar-refractivity contribution in [1.82, 2.24) is 0 Å². The van der Waals surface area contributed by atoms with E-state index in [9.17, 15) is 14.7 Å². The summed E-state index contributed by atoms with van der Waals surface area (Å²) >= 11 is 0. The highest BCUT2D eigenvalue weighted by atomic mass is 16.6. The molecule has 4 heteroatoms. The fourth-order valence-corrected chi connectivity index (χ4v) is 2.33. The van der Waals surface area contributed by atoms with Crippen molar-refractivity contribution in [3.05, 3.63) is 0 Å². The molecule has 1 N–H and O–H groups in total. The molecule has 1 fully saturated rings. The lowest BCUT2D eigenvalue weighted by atomic mass is 9.69. The standard InChI is InChI=1S/C12H20O4/c1-5-8(6-13)12(4)9(11(15)16-12)10(14)7(2)3/h6-10,14H,5H2,1-4H3. The minimum atomic E-state index is -0.836. The number of hydrogen-bond acceptors (Lipinski definition) is 4. The monoisotopic (exact) mass is 228 g/mol. The number of hydrogen-bond donors (Lipinski definition) is 1. The zero-order valence-corrected chi connectivity index (χ0v) is 10.3. The molecule has 4 atom stereocenters. The zero-order valence-electron chi connectivity index (χ0n) is 10.3. The molecule has 0 amide bonds. The van der Waals surface area contributed by atoms with Crippen molar-refractivity contribution < 1.29 is 19.4 Å². The molecule has 92 valence electrons. The molecule has 0 spiro atoms. The van der Waals surface area contributed by atoms with Gasteiger partial charge in [0.2, 0.25) is 0 Å². The van der Waals surface area contributed by atoms with Crippen LogP contribution in [0.1, 0.15) is 34.1 Å². The van der Waals surface area contributed by atoms with E-state index in [1.165, 1.54) is 0 Å². The molecule has 0 aromatic heterocycles. The van der Waals surface area contributed by atoms with Gasteiger partial charge >= 0.3 is 5.97 Å². The summed E-state index contributed by atoms with van der Waals surface area (Å²) in [7, 11) is 0. The highest BCUT2D eigenvalue weighted by Gasteiger charge is 2.60.